The van der Waals surface area contributed by atoms with E-state index in [1.165, 1.54) is 6.92 Å². The van der Waals surface area contributed by atoms with E-state index in [4.69, 9.17) is 23.5 Å². The predicted molar refractivity (Wildman–Crippen MR) is 144 cm³/mol. The van der Waals surface area contributed by atoms with E-state index in [-0.39, 0.29) is 12.1 Å². The van der Waals surface area contributed by atoms with Crippen LogP contribution in [0, 0.1) is 0 Å². The first-order chi connectivity index (χ1) is 18.0. The molecule has 4 aromatic carbocycles. The van der Waals surface area contributed by atoms with Crippen LogP contribution in [0.5, 0.6) is 11.5 Å². The number of hydrogen-bond donors (Lipinski definition) is 0. The van der Waals surface area contributed by atoms with Crippen molar-refractivity contribution >= 4 is 40.1 Å². The summed E-state index contributed by atoms with van der Waals surface area (Å²) in [4.78, 5) is 11.5. The van der Waals surface area contributed by atoms with Gasteiger partial charge in [-0.1, -0.05) is 36.4 Å². The van der Waals surface area contributed by atoms with Crippen LogP contribution in [0.1, 0.15) is 37.0 Å². The highest BCUT2D eigenvalue weighted by atomic mass is 16.6. The molecule has 0 aromatic heterocycles. The Hall–Kier alpha value is -3.55. The van der Waals surface area contributed by atoms with Crippen molar-refractivity contribution in [3.8, 4) is 11.5 Å². The second-order valence-corrected chi connectivity index (χ2v) is 9.90. The first kappa shape index (κ1) is 23.8. The Morgan fingerprint density at radius 3 is 2.59 bits per heavy atom. The van der Waals surface area contributed by atoms with Gasteiger partial charge >= 0.3 is 13.1 Å². The third-order valence-electron chi connectivity index (χ3n) is 7.58. The maximum atomic E-state index is 11.5. The molecule has 0 N–H and O–H groups in total. The molecule has 1 fully saturated rings. The normalized spacial score (nSPS) is 20.5. The summed E-state index contributed by atoms with van der Waals surface area (Å²) in [7, 11) is 2.89. The lowest BCUT2D eigenvalue weighted by molar-refractivity contribution is -0.143. The Balaban J connectivity index is 1.49. The van der Waals surface area contributed by atoms with Crippen LogP contribution in [0.3, 0.4) is 0 Å². The minimum atomic E-state index is -0.549. The number of esters is 1. The predicted octanol–water partition coefficient (Wildman–Crippen LogP) is 5.13. The van der Waals surface area contributed by atoms with E-state index in [1.54, 1.807) is 14.2 Å². The van der Waals surface area contributed by atoms with Crippen LogP contribution in [0.15, 0.2) is 66.7 Å². The molecule has 1 saturated heterocycles. The number of fused-ring (bicyclic) bond motifs is 6. The summed E-state index contributed by atoms with van der Waals surface area (Å²) in [5.41, 5.74) is 2.64. The molecular weight excluding hydrogens is 467 g/mol. The first-order valence-corrected chi connectivity index (χ1v) is 12.6. The van der Waals surface area contributed by atoms with Gasteiger partial charge in [-0.3, -0.25) is 4.79 Å². The van der Waals surface area contributed by atoms with Crippen LogP contribution >= 0.6 is 0 Å². The van der Waals surface area contributed by atoms with E-state index in [0.717, 1.165) is 49.6 Å². The maximum Gasteiger partial charge on any atom is 0.494 e. The van der Waals surface area contributed by atoms with Gasteiger partial charge in [0, 0.05) is 37.1 Å². The average molecular weight is 496 g/mol. The lowest BCUT2D eigenvalue weighted by Gasteiger charge is -2.48. The standard InChI is InChI=1S/C30H29BO6/c1-19(32)35-12-11-30-17-27-26(28(18-30)36-31(37-30)23-7-5-4-6-8-23)16-22-13-20-9-10-24(33-2)14-21(20)15-25(22)29(27)34-3/h4-10,13-16,28H,11-12,17-18H2,1-3H3/t28-,30-/m0/s1. The van der Waals surface area contributed by atoms with Crippen molar-refractivity contribution in [1.82, 2.24) is 0 Å². The molecule has 6 nitrogen and oxygen atoms in total. The quantitative estimate of drug-likeness (QED) is 0.210. The van der Waals surface area contributed by atoms with Crippen molar-refractivity contribution in [2.75, 3.05) is 20.8 Å². The summed E-state index contributed by atoms with van der Waals surface area (Å²) in [6.45, 7) is 1.72. The van der Waals surface area contributed by atoms with Gasteiger partial charge in [0.15, 0.2) is 0 Å². The average Bonchev–Trinajstić information content (AvgIpc) is 2.91. The Morgan fingerprint density at radius 2 is 1.84 bits per heavy atom. The van der Waals surface area contributed by atoms with Gasteiger partial charge < -0.3 is 23.5 Å². The molecule has 0 spiro atoms. The first-order valence-electron chi connectivity index (χ1n) is 12.6. The van der Waals surface area contributed by atoms with Crippen molar-refractivity contribution in [1.29, 1.82) is 0 Å². The van der Waals surface area contributed by atoms with Crippen LogP contribution in [-0.4, -0.2) is 39.5 Å². The summed E-state index contributed by atoms with van der Waals surface area (Å²) in [6, 6.07) is 22.7. The summed E-state index contributed by atoms with van der Waals surface area (Å²) < 4.78 is 30.1. The zero-order chi connectivity index (χ0) is 25.6. The zero-order valence-corrected chi connectivity index (χ0v) is 21.3. The molecule has 4 aromatic rings. The number of methoxy groups -OCH3 is 2. The van der Waals surface area contributed by atoms with Crippen molar-refractivity contribution in [3.63, 3.8) is 0 Å². The maximum absolute atomic E-state index is 11.5. The molecule has 0 amide bonds. The Morgan fingerprint density at radius 1 is 1.00 bits per heavy atom. The van der Waals surface area contributed by atoms with E-state index >= 15 is 0 Å². The minimum Gasteiger partial charge on any atom is -0.497 e. The molecule has 7 heteroatoms. The molecule has 188 valence electrons. The van der Waals surface area contributed by atoms with Gasteiger partial charge in [-0.05, 0) is 57.5 Å². The van der Waals surface area contributed by atoms with Crippen LogP contribution in [0.25, 0.3) is 21.5 Å². The molecule has 0 unspecified atom stereocenters. The molecule has 2 atom stereocenters. The lowest BCUT2D eigenvalue weighted by atomic mass is 9.68. The Kier molecular flexibility index (Phi) is 6.05. The molecule has 37 heavy (non-hydrogen) atoms. The van der Waals surface area contributed by atoms with Gasteiger partial charge in [0.2, 0.25) is 0 Å². The highest BCUT2D eigenvalue weighted by molar-refractivity contribution is 6.61. The fraction of sp³-hybridized carbons (Fsp3) is 0.300. The SMILES string of the molecule is COc1ccc2cc3cc4c(c(OC)c3cc2c1)C[C@@]1(CCOC(C)=O)C[C@@H]4OB(c2ccccc2)O1. The second-order valence-electron chi connectivity index (χ2n) is 9.90. The Labute approximate surface area is 216 Å². The molecule has 0 radical (unpaired) electrons. The van der Waals surface area contributed by atoms with Crippen LogP contribution in [0.2, 0.25) is 0 Å². The van der Waals surface area contributed by atoms with Crippen molar-refractivity contribution < 1.29 is 28.3 Å². The van der Waals surface area contributed by atoms with Crippen LogP contribution in [-0.2, 0) is 25.3 Å². The summed E-state index contributed by atoms with van der Waals surface area (Å²) >= 11 is 0. The third kappa shape index (κ3) is 4.32. The van der Waals surface area contributed by atoms with E-state index < -0.39 is 12.7 Å². The lowest BCUT2D eigenvalue weighted by Crippen LogP contribution is -2.56. The number of ether oxygens (including phenoxy) is 3. The number of carbonyl (C=O) groups excluding carboxylic acids is 1. The molecule has 0 saturated carbocycles. The number of carbonyl (C=O) groups is 1. The third-order valence-corrected chi connectivity index (χ3v) is 7.58. The largest absolute Gasteiger partial charge is 0.497 e. The van der Waals surface area contributed by atoms with Crippen LogP contribution < -0.4 is 14.9 Å². The molecular formula is C30H29BO6. The fourth-order valence-corrected chi connectivity index (χ4v) is 5.83. The van der Waals surface area contributed by atoms with Crippen molar-refractivity contribution in [2.24, 2.45) is 0 Å². The van der Waals surface area contributed by atoms with Crippen molar-refractivity contribution in [2.45, 2.75) is 37.9 Å². The fourth-order valence-electron chi connectivity index (χ4n) is 5.83. The number of hydrogen-bond acceptors (Lipinski definition) is 6. The number of rotatable bonds is 6. The monoisotopic (exact) mass is 496 g/mol. The molecule has 2 bridgehead atoms. The van der Waals surface area contributed by atoms with Gasteiger partial charge in [0.1, 0.15) is 11.5 Å². The number of benzene rings is 4. The topological polar surface area (TPSA) is 63.2 Å². The van der Waals surface area contributed by atoms with Gasteiger partial charge in [-0.25, -0.2) is 0 Å². The smallest absolute Gasteiger partial charge is 0.494 e. The van der Waals surface area contributed by atoms with Gasteiger partial charge in [0.25, 0.3) is 0 Å². The minimum absolute atomic E-state index is 0.176. The second kappa shape index (κ2) is 9.40. The van der Waals surface area contributed by atoms with Crippen LogP contribution in [0.4, 0.5) is 0 Å². The van der Waals surface area contributed by atoms with E-state index in [9.17, 15) is 4.79 Å². The van der Waals surface area contributed by atoms with Gasteiger partial charge in [0.05, 0.1) is 32.5 Å². The van der Waals surface area contributed by atoms with E-state index in [0.29, 0.717) is 25.9 Å². The molecule has 6 rings (SSSR count). The Bertz CT molecular complexity index is 1490. The van der Waals surface area contributed by atoms with E-state index in [2.05, 4.69) is 24.3 Å². The van der Waals surface area contributed by atoms with Gasteiger partial charge in [-0.2, -0.15) is 0 Å². The summed E-state index contributed by atoms with van der Waals surface area (Å²) in [5, 5.41) is 4.36. The highest BCUT2D eigenvalue weighted by Gasteiger charge is 2.50. The molecule has 1 heterocycles. The van der Waals surface area contributed by atoms with Gasteiger partial charge in [-0.15, -0.1) is 0 Å². The zero-order valence-electron chi connectivity index (χ0n) is 21.3. The van der Waals surface area contributed by atoms with E-state index in [1.807, 2.05) is 42.5 Å². The van der Waals surface area contributed by atoms with Crippen molar-refractivity contribution in [3.05, 3.63) is 77.9 Å². The highest BCUT2D eigenvalue weighted by Crippen LogP contribution is 2.50. The summed E-state index contributed by atoms with van der Waals surface area (Å²) in [5.74, 6) is 1.36. The molecule has 1 aliphatic carbocycles. The molecule has 2 aliphatic rings. The molecule has 1 aliphatic heterocycles. The summed E-state index contributed by atoms with van der Waals surface area (Å²) in [6.07, 6.45) is 1.72.